The van der Waals surface area contributed by atoms with Gasteiger partial charge in [0.2, 0.25) is 0 Å². The van der Waals surface area contributed by atoms with Crippen molar-refractivity contribution >= 4 is 22.6 Å². The third-order valence-corrected chi connectivity index (χ3v) is 6.50. The minimum absolute atomic E-state index is 0. The van der Waals surface area contributed by atoms with Crippen molar-refractivity contribution < 1.29 is 13.2 Å². The van der Waals surface area contributed by atoms with E-state index in [2.05, 4.69) is 0 Å². The Kier molecular flexibility index (Phi) is 7.87. The summed E-state index contributed by atoms with van der Waals surface area (Å²) in [4.78, 5) is 0. The third kappa shape index (κ3) is 4.53. The minimum Gasteiger partial charge on any atom is -0.381 e. The van der Waals surface area contributed by atoms with Crippen LogP contribution in [0.15, 0.2) is 0 Å². The number of methoxy groups -OCH3 is 1. The van der Waals surface area contributed by atoms with Gasteiger partial charge in [0.05, 0.1) is 6.10 Å². The van der Waals surface area contributed by atoms with Crippen LogP contribution < -0.4 is 5.73 Å². The normalized spacial score (nSPS) is 29.6. The van der Waals surface area contributed by atoms with E-state index in [1.165, 1.54) is 0 Å². The van der Waals surface area contributed by atoms with Gasteiger partial charge in [-0.05, 0) is 25.7 Å². The number of hydrogen-bond acceptors (Lipinski definition) is 4. The Morgan fingerprint density at radius 1 is 1.14 bits per heavy atom. The Morgan fingerprint density at radius 2 is 1.76 bits per heavy atom. The topological polar surface area (TPSA) is 75.9 Å². The van der Waals surface area contributed by atoms with E-state index in [-0.39, 0.29) is 24.6 Å². The molecule has 0 aromatic carbocycles. The second-order valence-electron chi connectivity index (χ2n) is 5.70. The van der Waals surface area contributed by atoms with Crippen molar-refractivity contribution in [1.29, 1.82) is 0 Å². The standard InChI is InChI=1S/C13H27N3O3S.ClH/c1-19-13-6-9-16(12(10-13)11-14)20(17,18)15-7-4-2-3-5-8-15;/h12-13H,2-11,14H2,1H3;1H. The van der Waals surface area contributed by atoms with E-state index < -0.39 is 10.2 Å². The molecule has 2 heterocycles. The first kappa shape index (κ1) is 19.1. The molecule has 2 rings (SSSR count). The molecule has 0 aromatic heterocycles. The van der Waals surface area contributed by atoms with Gasteiger partial charge in [0.1, 0.15) is 0 Å². The van der Waals surface area contributed by atoms with Crippen LogP contribution in [0.1, 0.15) is 38.5 Å². The van der Waals surface area contributed by atoms with Crippen LogP contribution in [0.25, 0.3) is 0 Å². The lowest BCUT2D eigenvalue weighted by Crippen LogP contribution is -2.55. The molecule has 2 aliphatic rings. The molecular weight excluding hydrogens is 314 g/mol. The van der Waals surface area contributed by atoms with Gasteiger partial charge < -0.3 is 10.5 Å². The van der Waals surface area contributed by atoms with Gasteiger partial charge in [-0.25, -0.2) is 0 Å². The zero-order valence-corrected chi connectivity index (χ0v) is 14.4. The molecule has 0 saturated carbocycles. The molecule has 126 valence electrons. The lowest BCUT2D eigenvalue weighted by molar-refractivity contribution is 0.0384. The van der Waals surface area contributed by atoms with Crippen molar-refractivity contribution in [2.75, 3.05) is 33.3 Å². The van der Waals surface area contributed by atoms with Crippen molar-refractivity contribution in [1.82, 2.24) is 8.61 Å². The molecule has 2 N–H and O–H groups in total. The van der Waals surface area contributed by atoms with E-state index in [9.17, 15) is 8.42 Å². The van der Waals surface area contributed by atoms with Gasteiger partial charge in [-0.1, -0.05) is 12.8 Å². The average molecular weight is 342 g/mol. The first-order valence-electron chi connectivity index (χ1n) is 7.59. The number of halogens is 1. The summed E-state index contributed by atoms with van der Waals surface area (Å²) in [6.07, 6.45) is 5.73. The lowest BCUT2D eigenvalue weighted by atomic mass is 10.0. The van der Waals surface area contributed by atoms with E-state index in [4.69, 9.17) is 10.5 Å². The summed E-state index contributed by atoms with van der Waals surface area (Å²) in [6.45, 7) is 2.15. The van der Waals surface area contributed by atoms with Crippen molar-refractivity contribution in [3.05, 3.63) is 0 Å². The summed E-state index contributed by atoms with van der Waals surface area (Å²) in [5, 5.41) is 0. The molecule has 0 bridgehead atoms. The largest absolute Gasteiger partial charge is 0.381 e. The van der Waals surface area contributed by atoms with Crippen LogP contribution in [0.5, 0.6) is 0 Å². The Morgan fingerprint density at radius 3 is 2.29 bits per heavy atom. The van der Waals surface area contributed by atoms with Crippen LogP contribution in [0.4, 0.5) is 0 Å². The average Bonchev–Trinajstić information content (AvgIpc) is 2.76. The number of hydrogen-bond donors (Lipinski definition) is 1. The van der Waals surface area contributed by atoms with E-state index >= 15 is 0 Å². The molecule has 0 aliphatic carbocycles. The fourth-order valence-electron chi connectivity index (χ4n) is 3.15. The number of nitrogens with two attached hydrogens (primary N) is 1. The third-order valence-electron chi connectivity index (χ3n) is 4.41. The summed E-state index contributed by atoms with van der Waals surface area (Å²) in [5.41, 5.74) is 5.79. The molecule has 21 heavy (non-hydrogen) atoms. The first-order valence-corrected chi connectivity index (χ1v) is 8.99. The molecule has 0 radical (unpaired) electrons. The maximum atomic E-state index is 12.8. The molecule has 2 saturated heterocycles. The van der Waals surface area contributed by atoms with Crippen LogP contribution in [0, 0.1) is 0 Å². The summed E-state index contributed by atoms with van der Waals surface area (Å²) in [7, 11) is -1.69. The number of nitrogens with zero attached hydrogens (tertiary/aromatic N) is 2. The number of piperidine rings is 1. The molecule has 2 unspecified atom stereocenters. The fourth-order valence-corrected chi connectivity index (χ4v) is 5.05. The molecule has 6 nitrogen and oxygen atoms in total. The van der Waals surface area contributed by atoms with Crippen molar-refractivity contribution in [3.8, 4) is 0 Å². The summed E-state index contributed by atoms with van der Waals surface area (Å²) in [5.74, 6) is 0. The SMILES string of the molecule is COC1CCN(S(=O)(=O)N2CCCCCC2)C(CN)C1.Cl. The molecule has 0 amide bonds. The van der Waals surface area contributed by atoms with E-state index in [1.54, 1.807) is 15.7 Å². The summed E-state index contributed by atoms with van der Waals surface area (Å²) in [6, 6.07) is -0.137. The van der Waals surface area contributed by atoms with Gasteiger partial charge >= 0.3 is 0 Å². The molecule has 0 aromatic rings. The van der Waals surface area contributed by atoms with Gasteiger partial charge in [0.25, 0.3) is 10.2 Å². The van der Waals surface area contributed by atoms with E-state index in [0.717, 1.165) is 32.1 Å². The van der Waals surface area contributed by atoms with Crippen LogP contribution >= 0.6 is 12.4 Å². The van der Waals surface area contributed by atoms with E-state index in [1.807, 2.05) is 0 Å². The fraction of sp³-hybridized carbons (Fsp3) is 1.00. The van der Waals surface area contributed by atoms with Crippen LogP contribution in [0.3, 0.4) is 0 Å². The van der Waals surface area contributed by atoms with Gasteiger partial charge in [-0.15, -0.1) is 12.4 Å². The summed E-state index contributed by atoms with van der Waals surface area (Å²) < 4.78 is 34.2. The van der Waals surface area contributed by atoms with Crippen LogP contribution in [0.2, 0.25) is 0 Å². The van der Waals surface area contributed by atoms with E-state index in [0.29, 0.717) is 32.6 Å². The number of rotatable bonds is 4. The van der Waals surface area contributed by atoms with Crippen LogP contribution in [-0.4, -0.2) is 62.5 Å². The Labute approximate surface area is 134 Å². The second-order valence-corrected chi connectivity index (χ2v) is 7.58. The second kappa shape index (κ2) is 8.64. The van der Waals surface area contributed by atoms with Crippen molar-refractivity contribution in [3.63, 3.8) is 0 Å². The van der Waals surface area contributed by atoms with Gasteiger partial charge in [-0.2, -0.15) is 17.0 Å². The van der Waals surface area contributed by atoms with Gasteiger partial charge in [0.15, 0.2) is 0 Å². The maximum absolute atomic E-state index is 12.8. The zero-order chi connectivity index (χ0) is 14.6. The highest BCUT2D eigenvalue weighted by Gasteiger charge is 2.38. The quantitative estimate of drug-likeness (QED) is 0.826. The smallest absolute Gasteiger partial charge is 0.282 e. The lowest BCUT2D eigenvalue weighted by Gasteiger charge is -2.39. The van der Waals surface area contributed by atoms with Gasteiger partial charge in [-0.3, -0.25) is 0 Å². The predicted molar refractivity (Wildman–Crippen MR) is 85.8 cm³/mol. The molecule has 2 atom stereocenters. The molecule has 0 spiro atoms. The Bertz CT molecular complexity index is 399. The predicted octanol–water partition coefficient (Wildman–Crippen LogP) is 0.967. The molecule has 2 fully saturated rings. The highest BCUT2D eigenvalue weighted by atomic mass is 35.5. The molecular formula is C13H28ClN3O3S. The molecule has 2 aliphatic heterocycles. The van der Waals surface area contributed by atoms with Gasteiger partial charge in [0, 0.05) is 39.3 Å². The first-order chi connectivity index (χ1) is 9.59. The van der Waals surface area contributed by atoms with Crippen LogP contribution in [-0.2, 0) is 14.9 Å². The summed E-state index contributed by atoms with van der Waals surface area (Å²) >= 11 is 0. The Balaban J connectivity index is 0.00000220. The number of ether oxygens (including phenoxy) is 1. The zero-order valence-electron chi connectivity index (χ0n) is 12.7. The Hall–Kier alpha value is 0.0800. The monoisotopic (exact) mass is 341 g/mol. The maximum Gasteiger partial charge on any atom is 0.282 e. The van der Waals surface area contributed by atoms with Crippen molar-refractivity contribution in [2.45, 2.75) is 50.7 Å². The van der Waals surface area contributed by atoms with Crippen molar-refractivity contribution in [2.24, 2.45) is 5.73 Å². The highest BCUT2D eigenvalue weighted by molar-refractivity contribution is 7.86. The molecule has 8 heteroatoms. The minimum atomic E-state index is -3.37. The highest BCUT2D eigenvalue weighted by Crippen LogP contribution is 2.25.